The van der Waals surface area contributed by atoms with Crippen LogP contribution in [0.15, 0.2) is 35.3 Å². The van der Waals surface area contributed by atoms with E-state index in [0.717, 1.165) is 19.3 Å². The first-order chi connectivity index (χ1) is 10.1. The summed E-state index contributed by atoms with van der Waals surface area (Å²) in [7, 11) is 0. The largest absolute Gasteiger partial charge is 0.459 e. The molecule has 1 fully saturated rings. The van der Waals surface area contributed by atoms with Crippen LogP contribution in [0.25, 0.3) is 0 Å². The molecule has 0 radical (unpaired) electrons. The van der Waals surface area contributed by atoms with Gasteiger partial charge in [-0.25, -0.2) is 4.79 Å². The lowest BCUT2D eigenvalue weighted by Crippen LogP contribution is -2.20. The molecule has 1 aliphatic carbocycles. The van der Waals surface area contributed by atoms with Gasteiger partial charge in [0.1, 0.15) is 6.10 Å². The molecule has 1 saturated carbocycles. The number of nitrogens with zero attached hydrogens (tertiary/aromatic N) is 1. The zero-order valence-corrected chi connectivity index (χ0v) is 13.0. The summed E-state index contributed by atoms with van der Waals surface area (Å²) in [5.41, 5.74) is 1.95. The second-order valence-electron chi connectivity index (χ2n) is 5.92. The molecule has 1 aromatic carbocycles. The van der Waals surface area contributed by atoms with Gasteiger partial charge in [-0.2, -0.15) is 0 Å². The van der Waals surface area contributed by atoms with Crippen molar-refractivity contribution in [2.75, 3.05) is 0 Å². The van der Waals surface area contributed by atoms with Gasteiger partial charge in [-0.15, -0.1) is 0 Å². The minimum Gasteiger partial charge on any atom is -0.459 e. The molecule has 2 rings (SSSR count). The summed E-state index contributed by atoms with van der Waals surface area (Å²) in [5, 5.41) is 0. The molecular weight excluding hydrogens is 262 g/mol. The molecule has 0 amide bonds. The van der Waals surface area contributed by atoms with E-state index in [2.05, 4.69) is 6.92 Å². The predicted octanol–water partition coefficient (Wildman–Crippen LogP) is 4.42. The Balaban J connectivity index is 1.81. The summed E-state index contributed by atoms with van der Waals surface area (Å²) >= 11 is 0. The van der Waals surface area contributed by atoms with Gasteiger partial charge >= 0.3 is 5.97 Å². The molecule has 0 bridgehead atoms. The van der Waals surface area contributed by atoms with Crippen LogP contribution in [0.4, 0.5) is 0 Å². The average molecular weight is 287 g/mol. The molecule has 21 heavy (non-hydrogen) atoms. The second-order valence-corrected chi connectivity index (χ2v) is 5.92. The van der Waals surface area contributed by atoms with Crippen LogP contribution in [0.5, 0.6) is 0 Å². The van der Waals surface area contributed by atoms with Crippen molar-refractivity contribution in [3.8, 4) is 0 Å². The molecule has 114 valence electrons. The predicted molar refractivity (Wildman–Crippen MR) is 85.9 cm³/mol. The first kappa shape index (κ1) is 15.7. The summed E-state index contributed by atoms with van der Waals surface area (Å²) in [6.07, 6.45) is 6.82. The highest BCUT2D eigenvalue weighted by molar-refractivity contribution is 5.89. The fourth-order valence-corrected chi connectivity index (χ4v) is 2.81. The van der Waals surface area contributed by atoms with Crippen molar-refractivity contribution < 1.29 is 9.53 Å². The van der Waals surface area contributed by atoms with E-state index < -0.39 is 0 Å². The monoisotopic (exact) mass is 287 g/mol. The highest BCUT2D eigenvalue weighted by atomic mass is 16.5. The maximum absolute atomic E-state index is 12.0. The first-order valence-corrected chi connectivity index (χ1v) is 7.96. The third-order valence-corrected chi connectivity index (χ3v) is 3.82. The third-order valence-electron chi connectivity index (χ3n) is 3.82. The van der Waals surface area contributed by atoms with E-state index in [1.165, 1.54) is 25.0 Å². The van der Waals surface area contributed by atoms with Crippen molar-refractivity contribution >= 4 is 11.7 Å². The SMILES string of the molecule is CC(CC(C)OC(=O)c1ccccc1)N=C1CCCCC1. The number of hydrogen-bond acceptors (Lipinski definition) is 3. The Bertz CT molecular complexity index is 473. The average Bonchev–Trinajstić information content (AvgIpc) is 2.48. The molecule has 1 aromatic rings. The zero-order valence-electron chi connectivity index (χ0n) is 13.0. The third kappa shape index (κ3) is 5.33. The number of ether oxygens (including phenoxy) is 1. The summed E-state index contributed by atoms with van der Waals surface area (Å²) in [5.74, 6) is -0.249. The maximum atomic E-state index is 12.0. The molecule has 2 unspecified atom stereocenters. The van der Waals surface area contributed by atoms with Crippen LogP contribution in [-0.2, 0) is 4.74 Å². The Labute approximate surface area is 127 Å². The Hall–Kier alpha value is -1.64. The van der Waals surface area contributed by atoms with Gasteiger partial charge in [0, 0.05) is 12.1 Å². The van der Waals surface area contributed by atoms with Gasteiger partial charge < -0.3 is 4.74 Å². The fraction of sp³-hybridized carbons (Fsp3) is 0.556. The van der Waals surface area contributed by atoms with Crippen LogP contribution < -0.4 is 0 Å². The summed E-state index contributed by atoms with van der Waals surface area (Å²) < 4.78 is 5.49. The van der Waals surface area contributed by atoms with E-state index in [-0.39, 0.29) is 18.1 Å². The minimum absolute atomic E-state index is 0.111. The molecule has 0 spiro atoms. The Morgan fingerprint density at radius 1 is 1.14 bits per heavy atom. The van der Waals surface area contributed by atoms with E-state index in [4.69, 9.17) is 9.73 Å². The van der Waals surface area contributed by atoms with Gasteiger partial charge in [-0.3, -0.25) is 4.99 Å². The molecule has 3 nitrogen and oxygen atoms in total. The number of carbonyl (C=O) groups is 1. The van der Waals surface area contributed by atoms with Gasteiger partial charge in [0.05, 0.1) is 11.6 Å². The van der Waals surface area contributed by atoms with Crippen molar-refractivity contribution in [3.05, 3.63) is 35.9 Å². The van der Waals surface area contributed by atoms with Gasteiger partial charge in [0.15, 0.2) is 0 Å². The Morgan fingerprint density at radius 2 is 1.81 bits per heavy atom. The molecule has 0 aromatic heterocycles. The number of carbonyl (C=O) groups excluding carboxylic acids is 1. The van der Waals surface area contributed by atoms with E-state index >= 15 is 0 Å². The van der Waals surface area contributed by atoms with E-state index in [1.807, 2.05) is 25.1 Å². The molecule has 0 aliphatic heterocycles. The first-order valence-electron chi connectivity index (χ1n) is 7.96. The van der Waals surface area contributed by atoms with Crippen molar-refractivity contribution in [2.24, 2.45) is 4.99 Å². The number of rotatable bonds is 5. The van der Waals surface area contributed by atoms with E-state index in [9.17, 15) is 4.79 Å². The summed E-state index contributed by atoms with van der Waals surface area (Å²) in [6, 6.07) is 9.36. The minimum atomic E-state index is -0.249. The molecule has 3 heteroatoms. The molecular formula is C18H25NO2. The quantitative estimate of drug-likeness (QED) is 0.752. The van der Waals surface area contributed by atoms with Crippen molar-refractivity contribution in [1.82, 2.24) is 0 Å². The van der Waals surface area contributed by atoms with Crippen LogP contribution in [0.1, 0.15) is 62.7 Å². The van der Waals surface area contributed by atoms with Gasteiger partial charge in [0.2, 0.25) is 0 Å². The van der Waals surface area contributed by atoms with E-state index in [0.29, 0.717) is 5.56 Å². The Kier molecular flexibility index (Phi) is 5.97. The van der Waals surface area contributed by atoms with Crippen LogP contribution in [-0.4, -0.2) is 23.8 Å². The molecule has 2 atom stereocenters. The van der Waals surface area contributed by atoms with Gasteiger partial charge in [-0.05, 0) is 51.7 Å². The number of benzene rings is 1. The molecule has 0 saturated heterocycles. The highest BCUT2D eigenvalue weighted by Crippen LogP contribution is 2.17. The van der Waals surface area contributed by atoms with Crippen molar-refractivity contribution in [3.63, 3.8) is 0 Å². The molecule has 1 aliphatic rings. The summed E-state index contributed by atoms with van der Waals surface area (Å²) in [4.78, 5) is 16.7. The lowest BCUT2D eigenvalue weighted by atomic mass is 9.98. The highest BCUT2D eigenvalue weighted by Gasteiger charge is 2.15. The van der Waals surface area contributed by atoms with E-state index in [1.54, 1.807) is 12.1 Å². The fourth-order valence-electron chi connectivity index (χ4n) is 2.81. The number of hydrogen-bond donors (Lipinski definition) is 0. The van der Waals surface area contributed by atoms with Gasteiger partial charge in [-0.1, -0.05) is 24.6 Å². The topological polar surface area (TPSA) is 38.7 Å². The maximum Gasteiger partial charge on any atom is 0.338 e. The smallest absolute Gasteiger partial charge is 0.338 e. The van der Waals surface area contributed by atoms with Gasteiger partial charge in [0.25, 0.3) is 0 Å². The lowest BCUT2D eigenvalue weighted by molar-refractivity contribution is 0.0315. The summed E-state index contributed by atoms with van der Waals surface area (Å²) in [6.45, 7) is 4.05. The van der Waals surface area contributed by atoms with Crippen LogP contribution in [0, 0.1) is 0 Å². The van der Waals surface area contributed by atoms with Crippen molar-refractivity contribution in [2.45, 2.75) is 64.5 Å². The molecule has 0 N–H and O–H groups in total. The lowest BCUT2D eigenvalue weighted by Gasteiger charge is -2.18. The van der Waals surface area contributed by atoms with Crippen LogP contribution in [0.3, 0.4) is 0 Å². The zero-order chi connectivity index (χ0) is 15.1. The number of esters is 1. The standard InChI is InChI=1S/C18H25NO2/c1-14(19-17-11-7-4-8-12-17)13-15(2)21-18(20)16-9-5-3-6-10-16/h3,5-6,9-10,14-15H,4,7-8,11-13H2,1-2H3. The van der Waals surface area contributed by atoms with Crippen molar-refractivity contribution in [1.29, 1.82) is 0 Å². The number of aliphatic imine (C=N–C) groups is 1. The second kappa shape index (κ2) is 7.96. The van der Waals surface area contributed by atoms with Crippen LogP contribution >= 0.6 is 0 Å². The molecule has 0 heterocycles. The van der Waals surface area contributed by atoms with Crippen LogP contribution in [0.2, 0.25) is 0 Å². The normalized spacial score (nSPS) is 17.9. The Morgan fingerprint density at radius 3 is 2.48 bits per heavy atom.